The summed E-state index contributed by atoms with van der Waals surface area (Å²) in [6.07, 6.45) is 0.795. The minimum absolute atomic E-state index is 0. The van der Waals surface area contributed by atoms with E-state index < -0.39 is 0 Å². The minimum Gasteiger partial charge on any atom is -0.497 e. The predicted octanol–water partition coefficient (Wildman–Crippen LogP) is 4.01. The fourth-order valence-corrected chi connectivity index (χ4v) is 1.97. The third kappa shape index (κ3) is 4.43. The van der Waals surface area contributed by atoms with Crippen LogP contribution in [0, 0.1) is 0 Å². The predicted molar refractivity (Wildman–Crippen MR) is 82.3 cm³/mol. The summed E-state index contributed by atoms with van der Waals surface area (Å²) in [7, 11) is 1.66. The number of nitrogens with two attached hydrogens (primary N) is 1. The Morgan fingerprint density at radius 3 is 2.16 bits per heavy atom. The fourth-order valence-electron chi connectivity index (χ4n) is 1.84. The Bertz CT molecular complexity index is 497. The molecule has 0 aliphatic carbocycles. The van der Waals surface area contributed by atoms with Crippen LogP contribution in [0.5, 0.6) is 5.75 Å². The van der Waals surface area contributed by atoms with Gasteiger partial charge in [0.05, 0.1) is 7.11 Å². The van der Waals surface area contributed by atoms with Gasteiger partial charge in [0.25, 0.3) is 0 Å². The van der Waals surface area contributed by atoms with E-state index in [4.69, 9.17) is 22.1 Å². The van der Waals surface area contributed by atoms with Crippen molar-refractivity contribution in [3.63, 3.8) is 0 Å². The molecule has 0 fully saturated rings. The molecule has 0 amide bonds. The van der Waals surface area contributed by atoms with Crippen molar-refractivity contribution in [2.45, 2.75) is 12.5 Å². The molecule has 0 aromatic heterocycles. The third-order valence-electron chi connectivity index (χ3n) is 2.91. The van der Waals surface area contributed by atoms with Crippen LogP contribution in [-0.4, -0.2) is 7.11 Å². The maximum absolute atomic E-state index is 6.18. The van der Waals surface area contributed by atoms with Crippen LogP contribution >= 0.6 is 24.0 Å². The average Bonchev–Trinajstić information content (AvgIpc) is 2.41. The van der Waals surface area contributed by atoms with Crippen molar-refractivity contribution in [2.24, 2.45) is 5.73 Å². The monoisotopic (exact) mass is 297 g/mol. The standard InChI is InChI=1S/C15H16ClNO.ClH/c1-18-14-8-4-12(5-9-14)15(17)10-11-2-6-13(16)7-3-11;/h2-9,15H,10,17H2,1H3;1H. The Morgan fingerprint density at radius 1 is 1.05 bits per heavy atom. The molecule has 0 aliphatic rings. The molecule has 4 heteroatoms. The molecular weight excluding hydrogens is 281 g/mol. The highest BCUT2D eigenvalue weighted by atomic mass is 35.5. The van der Waals surface area contributed by atoms with Crippen LogP contribution in [-0.2, 0) is 6.42 Å². The van der Waals surface area contributed by atoms with E-state index >= 15 is 0 Å². The Hall–Kier alpha value is -1.22. The van der Waals surface area contributed by atoms with Crippen LogP contribution in [0.4, 0.5) is 0 Å². The summed E-state index contributed by atoms with van der Waals surface area (Å²) in [4.78, 5) is 0. The smallest absolute Gasteiger partial charge is 0.118 e. The summed E-state index contributed by atoms with van der Waals surface area (Å²) in [6.45, 7) is 0. The average molecular weight is 298 g/mol. The molecule has 2 aromatic carbocycles. The van der Waals surface area contributed by atoms with Crippen LogP contribution in [0.1, 0.15) is 17.2 Å². The number of benzene rings is 2. The molecular formula is C15H17Cl2NO. The molecule has 0 spiro atoms. The van der Waals surface area contributed by atoms with Crippen molar-refractivity contribution in [1.82, 2.24) is 0 Å². The zero-order chi connectivity index (χ0) is 13.0. The molecule has 1 atom stereocenters. The van der Waals surface area contributed by atoms with Crippen molar-refractivity contribution in [2.75, 3.05) is 7.11 Å². The van der Waals surface area contributed by atoms with Crippen LogP contribution in [0.25, 0.3) is 0 Å². The van der Waals surface area contributed by atoms with Gasteiger partial charge in [0.15, 0.2) is 0 Å². The lowest BCUT2D eigenvalue weighted by Crippen LogP contribution is -2.13. The molecule has 2 rings (SSSR count). The van der Waals surface area contributed by atoms with Gasteiger partial charge >= 0.3 is 0 Å². The van der Waals surface area contributed by atoms with E-state index in [9.17, 15) is 0 Å². The van der Waals surface area contributed by atoms with Gasteiger partial charge in [-0.3, -0.25) is 0 Å². The largest absolute Gasteiger partial charge is 0.497 e. The Kier molecular flexibility index (Phi) is 6.16. The Morgan fingerprint density at radius 2 is 1.63 bits per heavy atom. The number of halogens is 2. The molecule has 0 heterocycles. The molecule has 2 aromatic rings. The summed E-state index contributed by atoms with van der Waals surface area (Å²) in [5.74, 6) is 0.845. The number of ether oxygens (including phenoxy) is 1. The van der Waals surface area contributed by atoms with E-state index in [1.807, 2.05) is 48.5 Å². The summed E-state index contributed by atoms with van der Waals surface area (Å²) in [5.41, 5.74) is 8.47. The van der Waals surface area contributed by atoms with Gasteiger partial charge in [-0.05, 0) is 41.8 Å². The van der Waals surface area contributed by atoms with Gasteiger partial charge < -0.3 is 10.5 Å². The molecule has 19 heavy (non-hydrogen) atoms. The topological polar surface area (TPSA) is 35.2 Å². The van der Waals surface area contributed by atoms with Crippen LogP contribution in [0.3, 0.4) is 0 Å². The lowest BCUT2D eigenvalue weighted by Gasteiger charge is -2.12. The first kappa shape index (κ1) is 15.8. The summed E-state index contributed by atoms with van der Waals surface area (Å²) < 4.78 is 5.12. The van der Waals surface area contributed by atoms with Crippen molar-refractivity contribution >= 4 is 24.0 Å². The maximum atomic E-state index is 6.18. The molecule has 2 N–H and O–H groups in total. The van der Waals surface area contributed by atoms with E-state index in [0.29, 0.717) is 0 Å². The first-order chi connectivity index (χ1) is 8.69. The second-order valence-electron chi connectivity index (χ2n) is 4.21. The quantitative estimate of drug-likeness (QED) is 0.925. The lowest BCUT2D eigenvalue weighted by molar-refractivity contribution is 0.414. The minimum atomic E-state index is -0.0166. The third-order valence-corrected chi connectivity index (χ3v) is 3.16. The van der Waals surface area contributed by atoms with Crippen LogP contribution in [0.2, 0.25) is 5.02 Å². The second kappa shape index (κ2) is 7.39. The lowest BCUT2D eigenvalue weighted by atomic mass is 10.00. The first-order valence-electron chi connectivity index (χ1n) is 5.83. The Labute approximate surface area is 124 Å². The highest BCUT2D eigenvalue weighted by Crippen LogP contribution is 2.20. The van der Waals surface area contributed by atoms with Gasteiger partial charge in [-0.1, -0.05) is 35.9 Å². The van der Waals surface area contributed by atoms with Gasteiger partial charge in [0.1, 0.15) is 5.75 Å². The molecule has 0 saturated heterocycles. The second-order valence-corrected chi connectivity index (χ2v) is 4.65. The molecule has 0 radical (unpaired) electrons. The Balaban J connectivity index is 0.00000180. The number of rotatable bonds is 4. The maximum Gasteiger partial charge on any atom is 0.118 e. The van der Waals surface area contributed by atoms with Crippen molar-refractivity contribution in [3.05, 3.63) is 64.7 Å². The SMILES string of the molecule is COc1ccc(C(N)Cc2ccc(Cl)cc2)cc1.Cl. The highest BCUT2D eigenvalue weighted by Gasteiger charge is 2.07. The van der Waals surface area contributed by atoms with Crippen LogP contribution in [0.15, 0.2) is 48.5 Å². The molecule has 0 aliphatic heterocycles. The number of hydrogen-bond donors (Lipinski definition) is 1. The summed E-state index contributed by atoms with van der Waals surface area (Å²) in [6, 6.07) is 15.6. The normalized spacial score (nSPS) is 11.5. The van der Waals surface area contributed by atoms with Crippen molar-refractivity contribution in [1.29, 1.82) is 0 Å². The first-order valence-corrected chi connectivity index (χ1v) is 6.21. The molecule has 2 nitrogen and oxygen atoms in total. The summed E-state index contributed by atoms with van der Waals surface area (Å²) >= 11 is 5.85. The van der Waals surface area contributed by atoms with E-state index in [1.165, 1.54) is 5.56 Å². The molecule has 0 bridgehead atoms. The van der Waals surface area contributed by atoms with E-state index in [0.717, 1.165) is 22.8 Å². The van der Waals surface area contributed by atoms with Gasteiger partial charge in [0, 0.05) is 11.1 Å². The highest BCUT2D eigenvalue weighted by molar-refractivity contribution is 6.30. The van der Waals surface area contributed by atoms with Crippen LogP contribution < -0.4 is 10.5 Å². The molecule has 1 unspecified atom stereocenters. The number of methoxy groups -OCH3 is 1. The van der Waals surface area contributed by atoms with Gasteiger partial charge in [-0.25, -0.2) is 0 Å². The molecule has 102 valence electrons. The zero-order valence-electron chi connectivity index (χ0n) is 10.7. The van der Waals surface area contributed by atoms with E-state index in [2.05, 4.69) is 0 Å². The fraction of sp³-hybridized carbons (Fsp3) is 0.200. The van der Waals surface area contributed by atoms with Gasteiger partial charge in [0.2, 0.25) is 0 Å². The van der Waals surface area contributed by atoms with E-state index in [1.54, 1.807) is 7.11 Å². The number of hydrogen-bond acceptors (Lipinski definition) is 2. The van der Waals surface area contributed by atoms with Crippen molar-refractivity contribution < 1.29 is 4.74 Å². The zero-order valence-corrected chi connectivity index (χ0v) is 12.2. The van der Waals surface area contributed by atoms with Crippen molar-refractivity contribution in [3.8, 4) is 5.75 Å². The molecule has 0 saturated carbocycles. The van der Waals surface area contributed by atoms with E-state index in [-0.39, 0.29) is 18.4 Å². The van der Waals surface area contributed by atoms with Gasteiger partial charge in [-0.15, -0.1) is 12.4 Å². The van der Waals surface area contributed by atoms with Gasteiger partial charge in [-0.2, -0.15) is 0 Å². The summed E-state index contributed by atoms with van der Waals surface area (Å²) in [5, 5.41) is 0.747.